The third-order valence-corrected chi connectivity index (χ3v) is 1.18. The van der Waals surface area contributed by atoms with Gasteiger partial charge in [0.05, 0.1) is 5.70 Å². The van der Waals surface area contributed by atoms with E-state index in [1.807, 2.05) is 13.8 Å². The molecule has 0 heterocycles. The Balaban J connectivity index is 3.97. The first-order valence-corrected chi connectivity index (χ1v) is 3.13. The summed E-state index contributed by atoms with van der Waals surface area (Å²) in [6.07, 6.45) is 2.35. The molecule has 0 saturated carbocycles. The molecular formula is C7H13NO. The zero-order valence-electron chi connectivity index (χ0n) is 6.19. The normalized spacial score (nSPS) is 11.2. The van der Waals surface area contributed by atoms with Crippen molar-refractivity contribution in [2.24, 2.45) is 0 Å². The topological polar surface area (TPSA) is 29.1 Å². The molecule has 0 radical (unpaired) electrons. The van der Waals surface area contributed by atoms with Crippen LogP contribution >= 0.6 is 0 Å². The van der Waals surface area contributed by atoms with Crippen LogP contribution in [-0.2, 0) is 4.79 Å². The molecule has 2 heteroatoms. The van der Waals surface area contributed by atoms with E-state index in [0.29, 0.717) is 12.1 Å². The highest BCUT2D eigenvalue weighted by molar-refractivity contribution is 5.94. The molecular weight excluding hydrogens is 114 g/mol. The van der Waals surface area contributed by atoms with E-state index in [1.54, 1.807) is 13.1 Å². The highest BCUT2D eigenvalue weighted by Crippen LogP contribution is 1.92. The van der Waals surface area contributed by atoms with Crippen LogP contribution in [0.4, 0.5) is 0 Å². The zero-order chi connectivity index (χ0) is 7.28. The summed E-state index contributed by atoms with van der Waals surface area (Å²) in [4.78, 5) is 10.8. The number of ketones is 1. The van der Waals surface area contributed by atoms with E-state index in [9.17, 15) is 4.79 Å². The van der Waals surface area contributed by atoms with E-state index in [4.69, 9.17) is 0 Å². The average Bonchev–Trinajstić information content (AvgIpc) is 1.90. The minimum absolute atomic E-state index is 0.167. The molecule has 0 aliphatic heterocycles. The molecule has 0 aromatic rings. The quantitative estimate of drug-likeness (QED) is 0.575. The molecule has 0 aliphatic carbocycles. The summed E-state index contributed by atoms with van der Waals surface area (Å²) in [6, 6.07) is 0. The van der Waals surface area contributed by atoms with Crippen LogP contribution < -0.4 is 5.32 Å². The molecule has 2 nitrogen and oxygen atoms in total. The summed E-state index contributed by atoms with van der Waals surface area (Å²) in [5.74, 6) is 0.167. The van der Waals surface area contributed by atoms with Gasteiger partial charge in [-0.15, -0.1) is 0 Å². The SMILES string of the molecule is CC=C(NC)C(=O)CC. The van der Waals surface area contributed by atoms with Crippen molar-refractivity contribution in [3.63, 3.8) is 0 Å². The fourth-order valence-corrected chi connectivity index (χ4v) is 0.635. The van der Waals surface area contributed by atoms with E-state index in [0.717, 1.165) is 0 Å². The van der Waals surface area contributed by atoms with Crippen LogP contribution in [0.2, 0.25) is 0 Å². The lowest BCUT2D eigenvalue weighted by Crippen LogP contribution is -2.14. The fraction of sp³-hybridized carbons (Fsp3) is 0.571. The third kappa shape index (κ3) is 2.31. The summed E-state index contributed by atoms with van der Waals surface area (Å²) in [5, 5.41) is 2.81. The number of rotatable bonds is 3. The van der Waals surface area contributed by atoms with Crippen LogP contribution in [0.5, 0.6) is 0 Å². The largest absolute Gasteiger partial charge is 0.386 e. The Morgan fingerprint density at radius 1 is 1.67 bits per heavy atom. The molecule has 1 N–H and O–H groups in total. The van der Waals surface area contributed by atoms with Gasteiger partial charge in [-0.1, -0.05) is 13.0 Å². The van der Waals surface area contributed by atoms with Crippen molar-refractivity contribution >= 4 is 5.78 Å². The maximum absolute atomic E-state index is 10.8. The van der Waals surface area contributed by atoms with Crippen LogP contribution in [0.3, 0.4) is 0 Å². The lowest BCUT2D eigenvalue weighted by atomic mass is 10.2. The molecule has 0 saturated heterocycles. The number of carbonyl (C=O) groups excluding carboxylic acids is 1. The molecule has 9 heavy (non-hydrogen) atoms. The Labute approximate surface area is 56.0 Å². The molecule has 0 atom stereocenters. The summed E-state index contributed by atoms with van der Waals surface area (Å²) in [6.45, 7) is 3.70. The molecule has 0 aliphatic rings. The second-order valence-electron chi connectivity index (χ2n) is 1.73. The van der Waals surface area contributed by atoms with Crippen LogP contribution in [0.15, 0.2) is 11.8 Å². The lowest BCUT2D eigenvalue weighted by Gasteiger charge is -2.00. The maximum Gasteiger partial charge on any atom is 0.178 e. The number of hydrogen-bond donors (Lipinski definition) is 1. The maximum atomic E-state index is 10.8. The molecule has 0 bridgehead atoms. The molecule has 0 spiro atoms. The minimum Gasteiger partial charge on any atom is -0.386 e. The van der Waals surface area contributed by atoms with Crippen LogP contribution in [0.1, 0.15) is 20.3 Å². The number of likely N-dealkylation sites (N-methyl/N-ethyl adjacent to an activating group) is 1. The van der Waals surface area contributed by atoms with Crippen molar-refractivity contribution in [3.8, 4) is 0 Å². The van der Waals surface area contributed by atoms with Gasteiger partial charge in [-0.25, -0.2) is 0 Å². The van der Waals surface area contributed by atoms with Gasteiger partial charge >= 0.3 is 0 Å². The van der Waals surface area contributed by atoms with Crippen molar-refractivity contribution in [2.45, 2.75) is 20.3 Å². The van der Waals surface area contributed by atoms with E-state index in [-0.39, 0.29) is 5.78 Å². The number of hydrogen-bond acceptors (Lipinski definition) is 2. The second kappa shape index (κ2) is 4.13. The van der Waals surface area contributed by atoms with Gasteiger partial charge in [0.25, 0.3) is 0 Å². The van der Waals surface area contributed by atoms with Gasteiger partial charge < -0.3 is 5.32 Å². The van der Waals surface area contributed by atoms with E-state index < -0.39 is 0 Å². The number of Topliss-reactive ketones (excluding diaryl/α,β-unsaturated/α-hetero) is 1. The summed E-state index contributed by atoms with van der Waals surface area (Å²) in [5.41, 5.74) is 0.706. The Bertz CT molecular complexity index is 127. The first kappa shape index (κ1) is 8.21. The first-order valence-electron chi connectivity index (χ1n) is 3.13. The average molecular weight is 127 g/mol. The molecule has 0 rings (SSSR count). The molecule has 0 fully saturated rings. The second-order valence-corrected chi connectivity index (χ2v) is 1.73. The Kier molecular flexibility index (Phi) is 3.76. The van der Waals surface area contributed by atoms with Gasteiger partial charge in [0.2, 0.25) is 0 Å². The van der Waals surface area contributed by atoms with Crippen molar-refractivity contribution in [2.75, 3.05) is 7.05 Å². The zero-order valence-corrected chi connectivity index (χ0v) is 6.19. The van der Waals surface area contributed by atoms with Crippen molar-refractivity contribution in [1.82, 2.24) is 5.32 Å². The summed E-state index contributed by atoms with van der Waals surface area (Å²) < 4.78 is 0. The van der Waals surface area contributed by atoms with Crippen LogP contribution in [-0.4, -0.2) is 12.8 Å². The third-order valence-electron chi connectivity index (χ3n) is 1.18. The lowest BCUT2D eigenvalue weighted by molar-refractivity contribution is -0.115. The molecule has 0 aromatic carbocycles. The van der Waals surface area contributed by atoms with Gasteiger partial charge in [-0.3, -0.25) is 4.79 Å². The van der Waals surface area contributed by atoms with Crippen molar-refractivity contribution in [1.29, 1.82) is 0 Å². The summed E-state index contributed by atoms with van der Waals surface area (Å²) >= 11 is 0. The molecule has 0 unspecified atom stereocenters. The number of nitrogens with one attached hydrogen (secondary N) is 1. The van der Waals surface area contributed by atoms with Gasteiger partial charge in [0, 0.05) is 13.5 Å². The first-order chi connectivity index (χ1) is 4.26. The smallest absolute Gasteiger partial charge is 0.178 e. The number of allylic oxidation sites excluding steroid dienone is 2. The Morgan fingerprint density at radius 2 is 2.22 bits per heavy atom. The van der Waals surface area contributed by atoms with E-state index in [2.05, 4.69) is 5.32 Å². The predicted octanol–water partition coefficient (Wildman–Crippen LogP) is 1.09. The van der Waals surface area contributed by atoms with E-state index >= 15 is 0 Å². The Hall–Kier alpha value is -0.790. The van der Waals surface area contributed by atoms with Gasteiger partial charge in [-0.05, 0) is 6.92 Å². The molecule has 0 aromatic heterocycles. The van der Waals surface area contributed by atoms with Crippen LogP contribution in [0, 0.1) is 0 Å². The highest BCUT2D eigenvalue weighted by atomic mass is 16.1. The summed E-state index contributed by atoms with van der Waals surface area (Å²) in [7, 11) is 1.75. The Morgan fingerprint density at radius 3 is 2.33 bits per heavy atom. The van der Waals surface area contributed by atoms with Gasteiger partial charge in [0.1, 0.15) is 0 Å². The van der Waals surface area contributed by atoms with E-state index in [1.165, 1.54) is 0 Å². The van der Waals surface area contributed by atoms with Crippen molar-refractivity contribution < 1.29 is 4.79 Å². The predicted molar refractivity (Wildman–Crippen MR) is 38.1 cm³/mol. The fourth-order valence-electron chi connectivity index (χ4n) is 0.635. The van der Waals surface area contributed by atoms with Crippen LogP contribution in [0.25, 0.3) is 0 Å². The number of carbonyl (C=O) groups is 1. The monoisotopic (exact) mass is 127 g/mol. The van der Waals surface area contributed by atoms with Gasteiger partial charge in [-0.2, -0.15) is 0 Å². The highest BCUT2D eigenvalue weighted by Gasteiger charge is 2.00. The minimum atomic E-state index is 0.167. The van der Waals surface area contributed by atoms with Gasteiger partial charge in [0.15, 0.2) is 5.78 Å². The standard InChI is InChI=1S/C7H13NO/c1-4-6(8-3)7(9)5-2/h4,8H,5H2,1-3H3. The molecule has 0 amide bonds. The molecule has 52 valence electrons. The van der Waals surface area contributed by atoms with Crippen molar-refractivity contribution in [3.05, 3.63) is 11.8 Å².